The van der Waals surface area contributed by atoms with Crippen LogP contribution in [0.1, 0.15) is 39.5 Å². The van der Waals surface area contributed by atoms with Gasteiger partial charge in [-0.1, -0.05) is 0 Å². The summed E-state index contributed by atoms with van der Waals surface area (Å²) < 4.78 is 0. The molecule has 0 aliphatic heterocycles. The van der Waals surface area contributed by atoms with Crippen LogP contribution in [0.15, 0.2) is 0 Å². The summed E-state index contributed by atoms with van der Waals surface area (Å²) >= 11 is 0. The molecule has 0 radical (unpaired) electrons. The summed E-state index contributed by atoms with van der Waals surface area (Å²) in [6, 6.07) is 0. The fourth-order valence-electron chi connectivity index (χ4n) is 2.12. The van der Waals surface area contributed by atoms with Crippen molar-refractivity contribution in [2.75, 3.05) is 6.54 Å². The molecular formula is C12H22N2O3. The van der Waals surface area contributed by atoms with Gasteiger partial charge in [-0.3, -0.25) is 4.79 Å². The number of rotatable bonds is 4. The van der Waals surface area contributed by atoms with Crippen LogP contribution in [-0.2, 0) is 9.59 Å². The summed E-state index contributed by atoms with van der Waals surface area (Å²) in [5.74, 6) is -0.697. The van der Waals surface area contributed by atoms with Gasteiger partial charge in [-0.25, -0.2) is 4.79 Å². The maximum absolute atomic E-state index is 11.9. The average Bonchev–Trinajstić information content (AvgIpc) is 2.28. The van der Waals surface area contributed by atoms with Crippen LogP contribution in [0, 0.1) is 11.8 Å². The second kappa shape index (κ2) is 5.49. The highest BCUT2D eigenvalue weighted by atomic mass is 16.4. The molecule has 98 valence electrons. The SMILES string of the molecule is CC(C)(NC(=O)C1CCC(CN)CC1)C(=O)O. The molecule has 0 aromatic rings. The van der Waals surface area contributed by atoms with E-state index in [2.05, 4.69) is 5.32 Å². The van der Waals surface area contributed by atoms with Crippen molar-refractivity contribution in [1.29, 1.82) is 0 Å². The first-order chi connectivity index (χ1) is 7.86. The molecule has 0 aromatic carbocycles. The Morgan fingerprint density at radius 2 is 1.82 bits per heavy atom. The number of carbonyl (C=O) groups excluding carboxylic acids is 1. The van der Waals surface area contributed by atoms with E-state index in [1.807, 2.05) is 0 Å². The molecule has 0 unspecified atom stereocenters. The highest BCUT2D eigenvalue weighted by Gasteiger charge is 2.33. The van der Waals surface area contributed by atoms with E-state index in [0.717, 1.165) is 25.7 Å². The third-order valence-electron chi connectivity index (χ3n) is 3.52. The molecule has 0 saturated heterocycles. The Morgan fingerprint density at radius 3 is 2.24 bits per heavy atom. The van der Waals surface area contributed by atoms with Crippen LogP contribution in [0.25, 0.3) is 0 Å². The van der Waals surface area contributed by atoms with Gasteiger partial charge in [-0.2, -0.15) is 0 Å². The molecule has 0 spiro atoms. The van der Waals surface area contributed by atoms with E-state index in [4.69, 9.17) is 10.8 Å². The highest BCUT2D eigenvalue weighted by molar-refractivity contribution is 5.87. The number of amides is 1. The Kier molecular flexibility index (Phi) is 4.51. The zero-order valence-electron chi connectivity index (χ0n) is 10.5. The van der Waals surface area contributed by atoms with Gasteiger partial charge in [-0.05, 0) is 52.0 Å². The van der Waals surface area contributed by atoms with Crippen LogP contribution >= 0.6 is 0 Å². The van der Waals surface area contributed by atoms with Gasteiger partial charge in [0.25, 0.3) is 0 Å². The van der Waals surface area contributed by atoms with Crippen molar-refractivity contribution in [1.82, 2.24) is 5.32 Å². The minimum atomic E-state index is -1.19. The number of hydrogen-bond acceptors (Lipinski definition) is 3. The maximum Gasteiger partial charge on any atom is 0.328 e. The molecule has 17 heavy (non-hydrogen) atoms. The second-order valence-electron chi connectivity index (χ2n) is 5.37. The molecule has 1 rings (SSSR count). The predicted molar refractivity (Wildman–Crippen MR) is 64.4 cm³/mol. The van der Waals surface area contributed by atoms with Crippen molar-refractivity contribution in [3.63, 3.8) is 0 Å². The predicted octanol–water partition coefficient (Wildman–Crippen LogP) is 0.731. The zero-order valence-corrected chi connectivity index (χ0v) is 10.5. The van der Waals surface area contributed by atoms with E-state index >= 15 is 0 Å². The van der Waals surface area contributed by atoms with E-state index in [-0.39, 0.29) is 11.8 Å². The van der Waals surface area contributed by atoms with Crippen LogP contribution in [0.2, 0.25) is 0 Å². The molecule has 1 fully saturated rings. The minimum Gasteiger partial charge on any atom is -0.480 e. The van der Waals surface area contributed by atoms with Crippen molar-refractivity contribution < 1.29 is 14.7 Å². The van der Waals surface area contributed by atoms with Crippen molar-refractivity contribution in [2.24, 2.45) is 17.6 Å². The lowest BCUT2D eigenvalue weighted by atomic mass is 9.81. The zero-order chi connectivity index (χ0) is 13.1. The molecule has 1 saturated carbocycles. The van der Waals surface area contributed by atoms with E-state index in [1.165, 1.54) is 13.8 Å². The number of carboxylic acids is 1. The first kappa shape index (κ1) is 14.0. The van der Waals surface area contributed by atoms with Gasteiger partial charge in [-0.15, -0.1) is 0 Å². The summed E-state index contributed by atoms with van der Waals surface area (Å²) in [7, 11) is 0. The first-order valence-electron chi connectivity index (χ1n) is 6.12. The van der Waals surface area contributed by atoms with Crippen LogP contribution in [-0.4, -0.2) is 29.1 Å². The van der Waals surface area contributed by atoms with Gasteiger partial charge >= 0.3 is 5.97 Å². The van der Waals surface area contributed by atoms with E-state index in [9.17, 15) is 9.59 Å². The molecule has 0 bridgehead atoms. The average molecular weight is 242 g/mol. The molecule has 0 aromatic heterocycles. The Bertz CT molecular complexity index is 294. The van der Waals surface area contributed by atoms with Crippen molar-refractivity contribution >= 4 is 11.9 Å². The van der Waals surface area contributed by atoms with Crippen LogP contribution < -0.4 is 11.1 Å². The summed E-state index contributed by atoms with van der Waals surface area (Å²) in [6.07, 6.45) is 3.54. The Morgan fingerprint density at radius 1 is 1.29 bits per heavy atom. The Labute approximate surface area is 102 Å². The third kappa shape index (κ3) is 3.70. The lowest BCUT2D eigenvalue weighted by Gasteiger charge is -2.29. The van der Waals surface area contributed by atoms with E-state index in [0.29, 0.717) is 12.5 Å². The van der Waals surface area contributed by atoms with Crippen LogP contribution in [0.5, 0.6) is 0 Å². The molecular weight excluding hydrogens is 220 g/mol. The molecule has 1 amide bonds. The van der Waals surface area contributed by atoms with Crippen LogP contribution in [0.4, 0.5) is 0 Å². The molecule has 1 aliphatic carbocycles. The molecule has 5 nitrogen and oxygen atoms in total. The second-order valence-corrected chi connectivity index (χ2v) is 5.37. The number of nitrogens with one attached hydrogen (secondary N) is 1. The fourth-order valence-corrected chi connectivity index (χ4v) is 2.12. The smallest absolute Gasteiger partial charge is 0.328 e. The molecule has 1 aliphatic rings. The topological polar surface area (TPSA) is 92.4 Å². The van der Waals surface area contributed by atoms with Gasteiger partial charge in [0.15, 0.2) is 0 Å². The minimum absolute atomic E-state index is 0.0589. The first-order valence-corrected chi connectivity index (χ1v) is 6.12. The van der Waals surface area contributed by atoms with Crippen molar-refractivity contribution in [3.8, 4) is 0 Å². The van der Waals surface area contributed by atoms with Gasteiger partial charge in [0.05, 0.1) is 0 Å². The summed E-state index contributed by atoms with van der Waals surface area (Å²) in [5, 5.41) is 11.5. The molecule has 0 heterocycles. The number of aliphatic carboxylic acids is 1. The Hall–Kier alpha value is -1.10. The number of nitrogens with two attached hydrogens (primary N) is 1. The quantitative estimate of drug-likeness (QED) is 0.677. The normalized spacial score (nSPS) is 25.4. The van der Waals surface area contributed by atoms with E-state index in [1.54, 1.807) is 0 Å². The van der Waals surface area contributed by atoms with Gasteiger partial charge in [0.1, 0.15) is 5.54 Å². The maximum atomic E-state index is 11.9. The summed E-state index contributed by atoms with van der Waals surface area (Å²) in [6.45, 7) is 3.67. The lowest BCUT2D eigenvalue weighted by Crippen LogP contribution is -2.52. The number of carbonyl (C=O) groups is 2. The largest absolute Gasteiger partial charge is 0.480 e. The highest BCUT2D eigenvalue weighted by Crippen LogP contribution is 2.28. The van der Waals surface area contributed by atoms with Crippen LogP contribution in [0.3, 0.4) is 0 Å². The summed E-state index contributed by atoms with van der Waals surface area (Å²) in [4.78, 5) is 22.8. The summed E-state index contributed by atoms with van der Waals surface area (Å²) in [5.41, 5.74) is 4.40. The monoisotopic (exact) mass is 242 g/mol. The standard InChI is InChI=1S/C12H22N2O3/c1-12(2,11(16)17)14-10(15)9-5-3-8(7-13)4-6-9/h8-9H,3-7,13H2,1-2H3,(H,14,15)(H,16,17). The number of hydrogen-bond donors (Lipinski definition) is 3. The number of carboxylic acid groups (broad SMARTS) is 1. The van der Waals surface area contributed by atoms with E-state index < -0.39 is 11.5 Å². The molecule has 4 N–H and O–H groups in total. The third-order valence-corrected chi connectivity index (χ3v) is 3.52. The van der Waals surface area contributed by atoms with Crippen molar-refractivity contribution in [2.45, 2.75) is 45.1 Å². The molecule has 0 atom stereocenters. The fraction of sp³-hybridized carbons (Fsp3) is 0.833. The van der Waals surface area contributed by atoms with Gasteiger partial charge < -0.3 is 16.2 Å². The lowest BCUT2D eigenvalue weighted by molar-refractivity contribution is -0.147. The van der Waals surface area contributed by atoms with Gasteiger partial charge in [0, 0.05) is 5.92 Å². The van der Waals surface area contributed by atoms with Crippen molar-refractivity contribution in [3.05, 3.63) is 0 Å². The molecule has 5 heteroatoms. The van der Waals surface area contributed by atoms with Gasteiger partial charge in [0.2, 0.25) is 5.91 Å². The Balaban J connectivity index is 2.47.